The molecule has 10 heteroatoms. The summed E-state index contributed by atoms with van der Waals surface area (Å²) >= 11 is 0. The third-order valence-electron chi connectivity index (χ3n) is 2.07. The molecule has 0 fully saturated rings. The van der Waals surface area contributed by atoms with Crippen LogP contribution in [0.1, 0.15) is 20.3 Å². The number of hydrogen-bond acceptors (Lipinski definition) is 8. The van der Waals surface area contributed by atoms with Gasteiger partial charge in [0.25, 0.3) is 0 Å². The van der Waals surface area contributed by atoms with E-state index >= 15 is 0 Å². The lowest BCUT2D eigenvalue weighted by Crippen LogP contribution is -2.41. The van der Waals surface area contributed by atoms with E-state index in [9.17, 15) is 29.8 Å². The summed E-state index contributed by atoms with van der Waals surface area (Å²) in [6.07, 6.45) is -0.905. The number of ether oxygens (including phenoxy) is 2. The highest BCUT2D eigenvalue weighted by Gasteiger charge is 2.43. The minimum atomic E-state index is -1.97. The molecular weight excluding hydrogens is 264 g/mol. The lowest BCUT2D eigenvalue weighted by Gasteiger charge is -2.11. The van der Waals surface area contributed by atoms with E-state index in [1.807, 2.05) is 0 Å². The fourth-order valence-corrected chi connectivity index (χ4v) is 1.23. The van der Waals surface area contributed by atoms with E-state index in [1.54, 1.807) is 0 Å². The van der Waals surface area contributed by atoms with Gasteiger partial charge in [0.05, 0.1) is 13.2 Å². The monoisotopic (exact) mass is 278 g/mol. The predicted molar refractivity (Wildman–Crippen MR) is 59.4 cm³/mol. The lowest BCUT2D eigenvalue weighted by atomic mass is 10.1. The Morgan fingerprint density at radius 1 is 0.947 bits per heavy atom. The van der Waals surface area contributed by atoms with Crippen molar-refractivity contribution in [3.05, 3.63) is 20.2 Å². The van der Waals surface area contributed by atoms with Crippen molar-refractivity contribution in [2.75, 3.05) is 13.2 Å². The summed E-state index contributed by atoms with van der Waals surface area (Å²) < 4.78 is 8.86. The van der Waals surface area contributed by atoms with Crippen molar-refractivity contribution in [1.82, 2.24) is 0 Å². The Labute approximate surface area is 108 Å². The quantitative estimate of drug-likeness (QED) is 0.337. The molecule has 0 aromatic heterocycles. The Kier molecular flexibility index (Phi) is 7.00. The van der Waals surface area contributed by atoms with Crippen LogP contribution in [-0.2, 0) is 19.1 Å². The van der Waals surface area contributed by atoms with Crippen LogP contribution in [0.15, 0.2) is 0 Å². The zero-order valence-electron chi connectivity index (χ0n) is 10.4. The molecule has 2 atom stereocenters. The summed E-state index contributed by atoms with van der Waals surface area (Å²) in [6, 6.07) is -3.94. The van der Waals surface area contributed by atoms with Gasteiger partial charge in [-0.25, -0.2) is 9.59 Å². The molecule has 0 aromatic carbocycles. The maximum absolute atomic E-state index is 11.3. The van der Waals surface area contributed by atoms with Crippen LogP contribution in [0.4, 0.5) is 0 Å². The van der Waals surface area contributed by atoms with Crippen LogP contribution in [0.25, 0.3) is 0 Å². The number of rotatable bonds is 8. The topological polar surface area (TPSA) is 139 Å². The highest BCUT2D eigenvalue weighted by molar-refractivity contribution is 5.78. The van der Waals surface area contributed by atoms with Crippen molar-refractivity contribution in [2.45, 2.75) is 32.4 Å². The molecular formula is C9H14N2O8. The zero-order valence-corrected chi connectivity index (χ0v) is 10.4. The van der Waals surface area contributed by atoms with Gasteiger partial charge in [-0.3, -0.25) is 20.2 Å². The van der Waals surface area contributed by atoms with Crippen molar-refractivity contribution < 1.29 is 28.9 Å². The Morgan fingerprint density at radius 3 is 1.47 bits per heavy atom. The van der Waals surface area contributed by atoms with Gasteiger partial charge < -0.3 is 9.47 Å². The molecule has 0 rings (SSSR count). The largest absolute Gasteiger partial charge is 0.461 e. The van der Waals surface area contributed by atoms with Crippen LogP contribution >= 0.6 is 0 Å². The van der Waals surface area contributed by atoms with Gasteiger partial charge >= 0.3 is 24.0 Å². The standard InChI is InChI=1S/C9H14N2O8/c1-3-18-8(12)6(10(14)15)5-7(11(16)17)9(13)19-4-2/h6-7H,3-5H2,1-2H3. The highest BCUT2D eigenvalue weighted by Crippen LogP contribution is 2.09. The smallest absolute Gasteiger partial charge is 0.381 e. The Hall–Kier alpha value is -2.26. The molecule has 0 aromatic rings. The van der Waals surface area contributed by atoms with E-state index in [-0.39, 0.29) is 13.2 Å². The average Bonchev–Trinajstić information content (AvgIpc) is 2.29. The summed E-state index contributed by atoms with van der Waals surface area (Å²) in [5, 5.41) is 21.4. The van der Waals surface area contributed by atoms with Gasteiger partial charge in [0.15, 0.2) is 0 Å². The van der Waals surface area contributed by atoms with E-state index in [0.717, 1.165) is 0 Å². The Morgan fingerprint density at radius 2 is 1.26 bits per heavy atom. The number of hydrogen-bond donors (Lipinski definition) is 0. The van der Waals surface area contributed by atoms with Crippen LogP contribution < -0.4 is 0 Å². The number of esters is 2. The van der Waals surface area contributed by atoms with E-state index < -0.39 is 40.3 Å². The summed E-state index contributed by atoms with van der Waals surface area (Å²) in [7, 11) is 0. The van der Waals surface area contributed by atoms with E-state index in [0.29, 0.717) is 0 Å². The maximum atomic E-state index is 11.3. The fraction of sp³-hybridized carbons (Fsp3) is 0.778. The normalized spacial score (nSPS) is 13.2. The second-order valence-corrected chi connectivity index (χ2v) is 3.34. The molecule has 0 saturated heterocycles. The van der Waals surface area contributed by atoms with Crippen LogP contribution in [0.2, 0.25) is 0 Å². The second kappa shape index (κ2) is 7.95. The van der Waals surface area contributed by atoms with Gasteiger partial charge in [-0.2, -0.15) is 0 Å². The number of carbonyl (C=O) groups is 2. The zero-order chi connectivity index (χ0) is 15.0. The Bertz CT molecular complexity index is 335. The molecule has 0 spiro atoms. The van der Waals surface area contributed by atoms with Gasteiger partial charge in [0.2, 0.25) is 0 Å². The van der Waals surface area contributed by atoms with Crippen molar-refractivity contribution in [1.29, 1.82) is 0 Å². The molecule has 0 aliphatic heterocycles. The molecule has 0 aliphatic carbocycles. The lowest BCUT2D eigenvalue weighted by molar-refractivity contribution is -0.546. The molecule has 0 radical (unpaired) electrons. The number of nitrogens with zero attached hydrogens (tertiary/aromatic N) is 2. The molecule has 19 heavy (non-hydrogen) atoms. The van der Waals surface area contributed by atoms with Crippen LogP contribution in [0.5, 0.6) is 0 Å². The summed E-state index contributed by atoms with van der Waals surface area (Å²) in [4.78, 5) is 41.9. The first-order valence-electron chi connectivity index (χ1n) is 5.45. The average molecular weight is 278 g/mol. The fourth-order valence-electron chi connectivity index (χ4n) is 1.23. The van der Waals surface area contributed by atoms with Gasteiger partial charge in [-0.15, -0.1) is 0 Å². The highest BCUT2D eigenvalue weighted by atomic mass is 16.6. The van der Waals surface area contributed by atoms with E-state index in [1.165, 1.54) is 13.8 Å². The van der Waals surface area contributed by atoms with Gasteiger partial charge in [-0.1, -0.05) is 0 Å². The van der Waals surface area contributed by atoms with Crippen LogP contribution in [0, 0.1) is 20.2 Å². The first kappa shape index (κ1) is 16.7. The summed E-state index contributed by atoms with van der Waals surface area (Å²) in [5.74, 6) is -2.44. The molecule has 0 saturated carbocycles. The van der Waals surface area contributed by atoms with Gasteiger partial charge in [-0.05, 0) is 13.8 Å². The molecule has 108 valence electrons. The van der Waals surface area contributed by atoms with Crippen molar-refractivity contribution in [2.24, 2.45) is 0 Å². The molecule has 0 aliphatic rings. The predicted octanol–water partition coefficient (Wildman–Crippen LogP) is -0.207. The van der Waals surface area contributed by atoms with Crippen molar-refractivity contribution in [3.8, 4) is 0 Å². The maximum Gasteiger partial charge on any atom is 0.381 e. The first-order valence-corrected chi connectivity index (χ1v) is 5.45. The minimum Gasteiger partial charge on any atom is -0.461 e. The van der Waals surface area contributed by atoms with Gasteiger partial charge in [0, 0.05) is 9.85 Å². The van der Waals surface area contributed by atoms with E-state index in [2.05, 4.69) is 9.47 Å². The summed E-state index contributed by atoms with van der Waals surface area (Å²) in [5.41, 5.74) is 0. The molecule has 2 unspecified atom stereocenters. The third kappa shape index (κ3) is 5.27. The number of carbonyl (C=O) groups excluding carboxylic acids is 2. The molecule has 10 nitrogen and oxygen atoms in total. The molecule has 0 amide bonds. The van der Waals surface area contributed by atoms with E-state index in [4.69, 9.17) is 0 Å². The SMILES string of the molecule is CCOC(=O)C(CC(C(=O)OCC)[N+](=O)[O-])[N+](=O)[O-]. The molecule has 0 bridgehead atoms. The first-order chi connectivity index (χ1) is 8.84. The molecule has 0 heterocycles. The van der Waals surface area contributed by atoms with Crippen LogP contribution in [-0.4, -0.2) is 47.1 Å². The van der Waals surface area contributed by atoms with Crippen LogP contribution in [0.3, 0.4) is 0 Å². The Balaban J connectivity index is 4.95. The number of nitro groups is 2. The van der Waals surface area contributed by atoms with Crippen molar-refractivity contribution >= 4 is 11.9 Å². The third-order valence-corrected chi connectivity index (χ3v) is 2.07. The minimum absolute atomic E-state index is 0.105. The summed E-state index contributed by atoms with van der Waals surface area (Å²) in [6.45, 7) is 2.66. The van der Waals surface area contributed by atoms with Crippen molar-refractivity contribution in [3.63, 3.8) is 0 Å². The second-order valence-electron chi connectivity index (χ2n) is 3.34. The van der Waals surface area contributed by atoms with Gasteiger partial charge in [0.1, 0.15) is 6.42 Å². The molecule has 0 N–H and O–H groups in total.